The number of nitrogens with zero attached hydrogens (tertiary/aromatic N) is 1. The van der Waals surface area contributed by atoms with Crippen LogP contribution in [0.1, 0.15) is 12.0 Å². The van der Waals surface area contributed by atoms with Crippen molar-refractivity contribution in [3.63, 3.8) is 0 Å². The van der Waals surface area contributed by atoms with Crippen molar-refractivity contribution in [1.82, 2.24) is 4.90 Å². The smallest absolute Gasteiger partial charge is 0.410 e. The molecule has 0 bridgehead atoms. The molecule has 120 valence electrons. The number of hydrogen-bond donors (Lipinski definition) is 2. The van der Waals surface area contributed by atoms with Gasteiger partial charge in [-0.25, -0.2) is 9.59 Å². The second-order valence-corrected chi connectivity index (χ2v) is 6.62. The van der Waals surface area contributed by atoms with Crippen molar-refractivity contribution < 1.29 is 32.4 Å². The van der Waals surface area contributed by atoms with Crippen molar-refractivity contribution in [1.29, 1.82) is 0 Å². The predicted molar refractivity (Wildman–Crippen MR) is 74.7 cm³/mol. The van der Waals surface area contributed by atoms with E-state index in [0.717, 1.165) is 4.90 Å². The maximum Gasteiger partial charge on any atom is 0.410 e. The number of carboxylic acids is 1. The van der Waals surface area contributed by atoms with E-state index in [1.54, 1.807) is 30.3 Å². The zero-order chi connectivity index (χ0) is 16.3. The Morgan fingerprint density at radius 2 is 1.91 bits per heavy atom. The third-order valence-corrected chi connectivity index (χ3v) is 4.59. The van der Waals surface area contributed by atoms with Gasteiger partial charge in [-0.1, -0.05) is 30.3 Å². The summed E-state index contributed by atoms with van der Waals surface area (Å²) in [5.74, 6) is -1.34. The van der Waals surface area contributed by atoms with Gasteiger partial charge in [-0.3, -0.25) is 9.45 Å². The van der Waals surface area contributed by atoms with Gasteiger partial charge in [0.05, 0.1) is 0 Å². The zero-order valence-electron chi connectivity index (χ0n) is 11.5. The molecule has 1 aliphatic rings. The molecule has 9 heteroatoms. The summed E-state index contributed by atoms with van der Waals surface area (Å²) in [6, 6.07) is 7.43. The largest absolute Gasteiger partial charge is 0.480 e. The fraction of sp³-hybridized carbons (Fsp3) is 0.385. The molecule has 22 heavy (non-hydrogen) atoms. The number of likely N-dealkylation sites (tertiary alicyclic amines) is 1. The van der Waals surface area contributed by atoms with Crippen molar-refractivity contribution in [2.45, 2.75) is 24.3 Å². The van der Waals surface area contributed by atoms with Gasteiger partial charge in [0.15, 0.2) is 0 Å². The van der Waals surface area contributed by atoms with Crippen molar-refractivity contribution >= 4 is 22.2 Å². The molecule has 1 aromatic carbocycles. The minimum absolute atomic E-state index is 0.0565. The maximum atomic E-state index is 12.0. The number of aliphatic carboxylic acids is 1. The molecule has 2 rings (SSSR count). The van der Waals surface area contributed by atoms with Crippen LogP contribution in [0.25, 0.3) is 0 Å². The third-order valence-electron chi connectivity index (χ3n) is 3.41. The number of carbonyl (C=O) groups is 2. The summed E-state index contributed by atoms with van der Waals surface area (Å²) in [7, 11) is -4.42. The lowest BCUT2D eigenvalue weighted by molar-refractivity contribution is -0.141. The van der Waals surface area contributed by atoms with Crippen LogP contribution in [0.5, 0.6) is 0 Å². The van der Waals surface area contributed by atoms with Gasteiger partial charge in [0, 0.05) is 6.54 Å². The van der Waals surface area contributed by atoms with Crippen LogP contribution < -0.4 is 0 Å². The molecule has 0 aromatic heterocycles. The van der Waals surface area contributed by atoms with Crippen molar-refractivity contribution in [3.8, 4) is 0 Å². The molecule has 1 aromatic rings. The molecule has 0 aliphatic carbocycles. The Labute approximate surface area is 127 Å². The molecule has 0 unspecified atom stereocenters. The first-order chi connectivity index (χ1) is 10.3. The van der Waals surface area contributed by atoms with E-state index in [1.165, 1.54) is 0 Å². The lowest BCUT2D eigenvalue weighted by atomic mass is 10.2. The Morgan fingerprint density at radius 3 is 2.45 bits per heavy atom. The topological polar surface area (TPSA) is 121 Å². The number of benzene rings is 1. The number of carbonyl (C=O) groups excluding carboxylic acids is 1. The molecule has 0 radical (unpaired) electrons. The fourth-order valence-electron chi connectivity index (χ4n) is 2.25. The summed E-state index contributed by atoms with van der Waals surface area (Å²) in [5.41, 5.74) is 0.716. The molecule has 0 spiro atoms. The van der Waals surface area contributed by atoms with Crippen LogP contribution in [0, 0.1) is 0 Å². The van der Waals surface area contributed by atoms with E-state index in [4.69, 9.17) is 14.4 Å². The van der Waals surface area contributed by atoms with E-state index in [-0.39, 0.29) is 13.0 Å². The van der Waals surface area contributed by atoms with E-state index >= 15 is 0 Å². The van der Waals surface area contributed by atoms with Gasteiger partial charge >= 0.3 is 12.1 Å². The second-order valence-electron chi connectivity index (χ2n) is 4.92. The molecule has 1 aliphatic heterocycles. The van der Waals surface area contributed by atoms with Crippen LogP contribution in [0.3, 0.4) is 0 Å². The molecule has 2 N–H and O–H groups in total. The number of carboxylic acid groups (broad SMARTS) is 1. The van der Waals surface area contributed by atoms with Crippen molar-refractivity contribution in [2.75, 3.05) is 6.54 Å². The monoisotopic (exact) mass is 329 g/mol. The molecular formula is C13H15NO7S. The van der Waals surface area contributed by atoms with Crippen LogP contribution in [-0.4, -0.2) is 52.9 Å². The fourth-order valence-corrected chi connectivity index (χ4v) is 3.03. The summed E-state index contributed by atoms with van der Waals surface area (Å²) in [5, 5.41) is 7.75. The van der Waals surface area contributed by atoms with Crippen molar-refractivity contribution in [3.05, 3.63) is 35.9 Å². The average molecular weight is 329 g/mol. The summed E-state index contributed by atoms with van der Waals surface area (Å²) in [4.78, 5) is 23.9. The number of hydrogen-bond acceptors (Lipinski definition) is 5. The van der Waals surface area contributed by atoms with Gasteiger partial charge in [0.1, 0.15) is 17.9 Å². The molecule has 8 nitrogen and oxygen atoms in total. The second kappa shape index (κ2) is 6.32. The Morgan fingerprint density at radius 1 is 1.27 bits per heavy atom. The van der Waals surface area contributed by atoms with E-state index in [9.17, 15) is 18.0 Å². The quantitative estimate of drug-likeness (QED) is 0.781. The zero-order valence-corrected chi connectivity index (χ0v) is 12.3. The predicted octanol–water partition coefficient (Wildman–Crippen LogP) is 0.738. The first-order valence-electron chi connectivity index (χ1n) is 6.45. The molecule has 1 fully saturated rings. The van der Waals surface area contributed by atoms with Gasteiger partial charge < -0.3 is 9.84 Å². The SMILES string of the molecule is O=C(O)[C@@H]1C[C@H](S(=O)(=O)O)CN1C(=O)OCc1ccccc1. The Hall–Kier alpha value is -2.13. The number of rotatable bonds is 4. The Bertz CT molecular complexity index is 658. The Kier molecular flexibility index (Phi) is 4.67. The first kappa shape index (κ1) is 16.2. The molecule has 0 saturated carbocycles. The number of ether oxygens (including phenoxy) is 1. The summed E-state index contributed by atoms with van der Waals surface area (Å²) >= 11 is 0. The van der Waals surface area contributed by atoms with E-state index in [2.05, 4.69) is 0 Å². The van der Waals surface area contributed by atoms with E-state index in [0.29, 0.717) is 5.56 Å². The Balaban J connectivity index is 2.05. The lowest BCUT2D eigenvalue weighted by Gasteiger charge is -2.20. The maximum absolute atomic E-state index is 12.0. The van der Waals surface area contributed by atoms with E-state index in [1.807, 2.05) is 0 Å². The molecule has 1 heterocycles. The highest BCUT2D eigenvalue weighted by molar-refractivity contribution is 7.86. The standard InChI is InChI=1S/C13H15NO7S/c15-12(16)11-6-10(22(18,19)20)7-14(11)13(17)21-8-9-4-2-1-3-5-9/h1-5,10-11H,6-8H2,(H,15,16)(H,18,19,20)/t10-,11-/m0/s1. The van der Waals surface area contributed by atoms with Gasteiger partial charge in [0.25, 0.3) is 10.1 Å². The first-order valence-corrected chi connectivity index (χ1v) is 7.96. The normalized spacial score (nSPS) is 21.6. The highest BCUT2D eigenvalue weighted by Crippen LogP contribution is 2.24. The lowest BCUT2D eigenvalue weighted by Crippen LogP contribution is -2.41. The van der Waals surface area contributed by atoms with Crippen LogP contribution in [-0.2, 0) is 26.3 Å². The average Bonchev–Trinajstić information content (AvgIpc) is 2.91. The van der Waals surface area contributed by atoms with E-state index < -0.39 is 40.0 Å². The van der Waals surface area contributed by atoms with Gasteiger partial charge in [-0.2, -0.15) is 8.42 Å². The van der Waals surface area contributed by atoms with Crippen molar-refractivity contribution in [2.24, 2.45) is 0 Å². The van der Waals surface area contributed by atoms with Gasteiger partial charge in [-0.15, -0.1) is 0 Å². The summed E-state index contributed by atoms with van der Waals surface area (Å²) < 4.78 is 36.3. The highest BCUT2D eigenvalue weighted by Gasteiger charge is 2.45. The van der Waals surface area contributed by atoms with Gasteiger partial charge in [-0.05, 0) is 12.0 Å². The molecule has 1 amide bonds. The number of amides is 1. The van der Waals surface area contributed by atoms with Gasteiger partial charge in [0.2, 0.25) is 0 Å². The van der Waals surface area contributed by atoms with Crippen LogP contribution in [0.2, 0.25) is 0 Å². The molecule has 1 saturated heterocycles. The minimum atomic E-state index is -4.42. The summed E-state index contributed by atoms with van der Waals surface area (Å²) in [6.45, 7) is -0.470. The van der Waals surface area contributed by atoms with Crippen LogP contribution in [0.15, 0.2) is 30.3 Å². The third kappa shape index (κ3) is 3.74. The minimum Gasteiger partial charge on any atom is -0.480 e. The molecule has 2 atom stereocenters. The van der Waals surface area contributed by atoms with Crippen LogP contribution >= 0.6 is 0 Å². The highest BCUT2D eigenvalue weighted by atomic mass is 32.2. The molecular weight excluding hydrogens is 314 g/mol. The van der Waals surface area contributed by atoms with Crippen LogP contribution in [0.4, 0.5) is 4.79 Å². The summed E-state index contributed by atoms with van der Waals surface area (Å²) in [6.07, 6.45) is -1.29.